The highest BCUT2D eigenvalue weighted by Gasteiger charge is 2.14. The molecule has 1 atom stereocenters. The molecule has 1 aromatic rings. The van der Waals surface area contributed by atoms with E-state index in [-0.39, 0.29) is 12.1 Å². The molecule has 0 unspecified atom stereocenters. The van der Waals surface area contributed by atoms with E-state index in [9.17, 15) is 18.4 Å². The van der Waals surface area contributed by atoms with Crippen molar-refractivity contribution in [2.24, 2.45) is 0 Å². The second-order valence-electron chi connectivity index (χ2n) is 6.43. The average Bonchev–Trinajstić information content (AvgIpc) is 2.60. The van der Waals surface area contributed by atoms with Crippen LogP contribution in [0.4, 0.5) is 13.6 Å². The zero-order chi connectivity index (χ0) is 18.9. The Bertz CT molecular complexity index is 677. The molecule has 1 aromatic carbocycles. The van der Waals surface area contributed by atoms with Gasteiger partial charge in [-0.2, -0.15) is 0 Å². The van der Waals surface area contributed by atoms with Gasteiger partial charge in [-0.15, -0.1) is 0 Å². The van der Waals surface area contributed by atoms with Crippen molar-refractivity contribution in [3.63, 3.8) is 0 Å². The average molecular weight is 365 g/mol. The number of carbonyl (C=O) groups excluding carboxylic acids is 2. The molecule has 0 aliphatic heterocycles. The first-order chi connectivity index (χ1) is 12.5. The van der Waals surface area contributed by atoms with Crippen molar-refractivity contribution in [1.82, 2.24) is 16.0 Å². The molecule has 3 amide bonds. The first kappa shape index (κ1) is 20.0. The zero-order valence-electron chi connectivity index (χ0n) is 14.9. The number of hydrogen-bond acceptors (Lipinski definition) is 3. The number of amides is 3. The molecule has 0 aromatic heterocycles. The molecule has 2 rings (SSSR count). The predicted molar refractivity (Wildman–Crippen MR) is 95.5 cm³/mol. The van der Waals surface area contributed by atoms with Crippen LogP contribution in [0.1, 0.15) is 50.6 Å². The second kappa shape index (κ2) is 10.0. The Kier molecular flexibility index (Phi) is 7.72. The molecular formula is C19H25F2N3O2. The number of imide groups is 1. The van der Waals surface area contributed by atoms with E-state index >= 15 is 0 Å². The van der Waals surface area contributed by atoms with Crippen molar-refractivity contribution in [2.75, 3.05) is 13.1 Å². The highest BCUT2D eigenvalue weighted by Crippen LogP contribution is 2.19. The Morgan fingerprint density at radius 3 is 2.73 bits per heavy atom. The lowest BCUT2D eigenvalue weighted by Gasteiger charge is -2.15. The summed E-state index contributed by atoms with van der Waals surface area (Å²) in [5.41, 5.74) is 1.60. The third-order valence-corrected chi connectivity index (χ3v) is 4.37. The van der Waals surface area contributed by atoms with Crippen LogP contribution in [0, 0.1) is 11.6 Å². The monoisotopic (exact) mass is 365 g/mol. The van der Waals surface area contributed by atoms with E-state index < -0.39 is 29.6 Å². The van der Waals surface area contributed by atoms with Crippen LogP contribution in [-0.2, 0) is 4.79 Å². The summed E-state index contributed by atoms with van der Waals surface area (Å²) >= 11 is 0. The van der Waals surface area contributed by atoms with Gasteiger partial charge in [0, 0.05) is 24.2 Å². The normalized spacial score (nSPS) is 15.1. The molecular weight excluding hydrogens is 340 g/mol. The molecule has 1 aliphatic rings. The number of halogens is 2. The van der Waals surface area contributed by atoms with Gasteiger partial charge in [-0.3, -0.25) is 10.1 Å². The maximum absolute atomic E-state index is 13.7. The van der Waals surface area contributed by atoms with Crippen LogP contribution in [-0.4, -0.2) is 25.0 Å². The van der Waals surface area contributed by atoms with Crippen molar-refractivity contribution < 1.29 is 18.4 Å². The Morgan fingerprint density at radius 1 is 1.23 bits per heavy atom. The van der Waals surface area contributed by atoms with E-state index in [1.54, 1.807) is 6.92 Å². The second-order valence-corrected chi connectivity index (χ2v) is 6.43. The molecule has 7 heteroatoms. The zero-order valence-corrected chi connectivity index (χ0v) is 14.9. The van der Waals surface area contributed by atoms with Gasteiger partial charge < -0.3 is 10.6 Å². The van der Waals surface area contributed by atoms with Crippen molar-refractivity contribution in [2.45, 2.75) is 45.1 Å². The van der Waals surface area contributed by atoms with Gasteiger partial charge in [0.05, 0.1) is 6.54 Å². The summed E-state index contributed by atoms with van der Waals surface area (Å²) in [4.78, 5) is 23.5. The number of nitrogens with one attached hydrogen (secondary N) is 3. The molecule has 142 valence electrons. The number of rotatable bonds is 7. The molecule has 0 spiro atoms. The first-order valence-electron chi connectivity index (χ1n) is 8.89. The summed E-state index contributed by atoms with van der Waals surface area (Å²) < 4.78 is 26.6. The van der Waals surface area contributed by atoms with Gasteiger partial charge in [-0.05, 0) is 45.1 Å². The number of benzene rings is 1. The summed E-state index contributed by atoms with van der Waals surface area (Å²) in [6.07, 6.45) is 7.59. The largest absolute Gasteiger partial charge is 0.337 e. The van der Waals surface area contributed by atoms with E-state index in [0.29, 0.717) is 6.54 Å². The fraction of sp³-hybridized carbons (Fsp3) is 0.474. The quantitative estimate of drug-likeness (QED) is 0.649. The van der Waals surface area contributed by atoms with E-state index in [1.165, 1.54) is 24.5 Å². The maximum atomic E-state index is 13.7. The minimum Gasteiger partial charge on any atom is -0.337 e. The van der Waals surface area contributed by atoms with Crippen LogP contribution >= 0.6 is 0 Å². The fourth-order valence-corrected chi connectivity index (χ4v) is 2.89. The Labute approximate surface area is 152 Å². The van der Waals surface area contributed by atoms with Gasteiger partial charge in [0.2, 0.25) is 5.91 Å². The van der Waals surface area contributed by atoms with Crippen LogP contribution < -0.4 is 16.0 Å². The molecule has 0 saturated carbocycles. The highest BCUT2D eigenvalue weighted by molar-refractivity contribution is 5.95. The Hall–Kier alpha value is -2.28. The van der Waals surface area contributed by atoms with Crippen LogP contribution in [0.25, 0.3) is 0 Å². The van der Waals surface area contributed by atoms with Gasteiger partial charge in [0.1, 0.15) is 11.6 Å². The van der Waals surface area contributed by atoms with Crippen molar-refractivity contribution >= 4 is 11.9 Å². The van der Waals surface area contributed by atoms with Gasteiger partial charge in [0.15, 0.2) is 0 Å². The van der Waals surface area contributed by atoms with E-state index in [0.717, 1.165) is 31.4 Å². The predicted octanol–water partition coefficient (Wildman–Crippen LogP) is 3.33. The standard InChI is InChI=1S/C19H25F2N3O2/c1-13(16-8-7-15(20)11-17(16)21)23-12-18(25)24-19(26)22-10-9-14-5-3-2-4-6-14/h5,7-8,11,13,23H,2-4,6,9-10,12H2,1H3,(H2,22,24,25,26)/t13-/m1/s1. The third kappa shape index (κ3) is 6.55. The van der Waals surface area contributed by atoms with Gasteiger partial charge >= 0.3 is 6.03 Å². The lowest BCUT2D eigenvalue weighted by atomic mass is 9.97. The smallest absolute Gasteiger partial charge is 0.321 e. The van der Waals surface area contributed by atoms with Crippen LogP contribution in [0.5, 0.6) is 0 Å². The summed E-state index contributed by atoms with van der Waals surface area (Å²) in [6, 6.07) is 2.23. The summed E-state index contributed by atoms with van der Waals surface area (Å²) in [7, 11) is 0. The number of hydrogen-bond donors (Lipinski definition) is 3. The molecule has 0 saturated heterocycles. The number of carbonyl (C=O) groups is 2. The summed E-state index contributed by atoms with van der Waals surface area (Å²) in [5, 5.41) is 7.69. The van der Waals surface area contributed by atoms with E-state index in [1.807, 2.05) is 0 Å². The van der Waals surface area contributed by atoms with E-state index in [4.69, 9.17) is 0 Å². The molecule has 0 heterocycles. The number of urea groups is 1. The minimum absolute atomic E-state index is 0.156. The third-order valence-electron chi connectivity index (χ3n) is 4.37. The molecule has 0 fully saturated rings. The van der Waals surface area contributed by atoms with Gasteiger partial charge in [-0.1, -0.05) is 17.7 Å². The topological polar surface area (TPSA) is 70.2 Å². The summed E-state index contributed by atoms with van der Waals surface area (Å²) in [6.45, 7) is 1.98. The van der Waals surface area contributed by atoms with Crippen molar-refractivity contribution in [3.05, 3.63) is 47.0 Å². The molecule has 1 aliphatic carbocycles. The van der Waals surface area contributed by atoms with Crippen LogP contribution in [0.3, 0.4) is 0 Å². The maximum Gasteiger partial charge on any atom is 0.321 e. The van der Waals surface area contributed by atoms with Crippen molar-refractivity contribution in [3.8, 4) is 0 Å². The molecule has 0 bridgehead atoms. The SMILES string of the molecule is C[C@@H](NCC(=O)NC(=O)NCCC1=CCCCC1)c1ccc(F)cc1F. The first-order valence-corrected chi connectivity index (χ1v) is 8.89. The van der Waals surface area contributed by atoms with E-state index in [2.05, 4.69) is 22.0 Å². The van der Waals surface area contributed by atoms with Gasteiger partial charge in [-0.25, -0.2) is 13.6 Å². The van der Waals surface area contributed by atoms with Crippen LogP contribution in [0.15, 0.2) is 29.8 Å². The Morgan fingerprint density at radius 2 is 2.04 bits per heavy atom. The fourth-order valence-electron chi connectivity index (χ4n) is 2.89. The lowest BCUT2D eigenvalue weighted by molar-refractivity contribution is -0.119. The molecule has 0 radical (unpaired) electrons. The number of allylic oxidation sites excluding steroid dienone is 1. The van der Waals surface area contributed by atoms with Crippen LogP contribution in [0.2, 0.25) is 0 Å². The summed E-state index contributed by atoms with van der Waals surface area (Å²) in [5.74, 6) is -1.86. The van der Waals surface area contributed by atoms with Crippen molar-refractivity contribution in [1.29, 1.82) is 0 Å². The highest BCUT2D eigenvalue weighted by atomic mass is 19.1. The Balaban J connectivity index is 1.67. The molecule has 3 N–H and O–H groups in total. The minimum atomic E-state index is -0.680. The molecule has 26 heavy (non-hydrogen) atoms. The molecule has 5 nitrogen and oxygen atoms in total. The van der Waals surface area contributed by atoms with Gasteiger partial charge in [0.25, 0.3) is 0 Å². The lowest BCUT2D eigenvalue weighted by Crippen LogP contribution is -2.44.